The fraction of sp³-hybridized carbons (Fsp3) is 0.368. The summed E-state index contributed by atoms with van der Waals surface area (Å²) in [7, 11) is 0. The molecule has 0 radical (unpaired) electrons. The number of furan rings is 1. The fourth-order valence-corrected chi connectivity index (χ4v) is 3.63. The summed E-state index contributed by atoms with van der Waals surface area (Å²) in [4.78, 5) is 27.4. The van der Waals surface area contributed by atoms with Crippen molar-refractivity contribution in [2.45, 2.75) is 32.4 Å². The van der Waals surface area contributed by atoms with E-state index in [9.17, 15) is 14.7 Å². The van der Waals surface area contributed by atoms with Crippen LogP contribution in [-0.2, 0) is 9.53 Å². The number of aliphatic hydroxyl groups is 1. The molecule has 1 atom stereocenters. The van der Waals surface area contributed by atoms with Crippen molar-refractivity contribution in [3.05, 3.63) is 57.9 Å². The zero-order valence-electron chi connectivity index (χ0n) is 14.7. The molecule has 3 rings (SSSR count). The Morgan fingerprint density at radius 1 is 1.38 bits per heavy atom. The number of hydrogen-bond acceptors (Lipinski definition) is 6. The van der Waals surface area contributed by atoms with Crippen LogP contribution in [0, 0.1) is 0 Å². The number of hydrogen-bond donors (Lipinski definition) is 1. The summed E-state index contributed by atoms with van der Waals surface area (Å²) in [6.07, 6.45) is 2.19. The minimum atomic E-state index is -0.730. The summed E-state index contributed by atoms with van der Waals surface area (Å²) in [5.41, 5.74) is 0.0668. The molecule has 0 saturated carbocycles. The predicted molar refractivity (Wildman–Crippen MR) is 97.2 cm³/mol. The maximum Gasteiger partial charge on any atom is 0.290 e. The van der Waals surface area contributed by atoms with Gasteiger partial charge in [0.05, 0.1) is 22.8 Å². The van der Waals surface area contributed by atoms with Crippen LogP contribution >= 0.6 is 11.3 Å². The van der Waals surface area contributed by atoms with E-state index in [1.54, 1.807) is 29.6 Å². The summed E-state index contributed by atoms with van der Waals surface area (Å²) in [6, 6.07) is 6.11. The number of rotatable bonds is 8. The molecule has 1 aliphatic heterocycles. The van der Waals surface area contributed by atoms with Gasteiger partial charge >= 0.3 is 0 Å². The number of thiophene rings is 1. The molecule has 7 heteroatoms. The second-order valence-electron chi connectivity index (χ2n) is 6.26. The molecule has 1 N–H and O–H groups in total. The van der Waals surface area contributed by atoms with Crippen molar-refractivity contribution >= 4 is 23.0 Å². The van der Waals surface area contributed by atoms with E-state index in [0.29, 0.717) is 30.2 Å². The molecular weight excluding hydrogens is 354 g/mol. The normalized spacial score (nSPS) is 17.6. The SMILES string of the molecule is CC(C)OCCCN1C(=O)C(O)=C(C(=O)c2cccs2)[C@@H]1c1ccco1. The molecule has 0 saturated heterocycles. The Morgan fingerprint density at radius 2 is 2.19 bits per heavy atom. The first-order valence-corrected chi connectivity index (χ1v) is 9.36. The first kappa shape index (κ1) is 18.4. The van der Waals surface area contributed by atoms with Crippen LogP contribution in [0.4, 0.5) is 0 Å². The van der Waals surface area contributed by atoms with Crippen molar-refractivity contribution in [2.75, 3.05) is 13.2 Å². The average molecular weight is 375 g/mol. The van der Waals surface area contributed by atoms with Gasteiger partial charge in [0.15, 0.2) is 5.76 Å². The number of carbonyl (C=O) groups excluding carboxylic acids is 2. The lowest BCUT2D eigenvalue weighted by Crippen LogP contribution is -2.32. The second kappa shape index (κ2) is 7.88. The highest BCUT2D eigenvalue weighted by atomic mass is 32.1. The molecule has 0 unspecified atom stereocenters. The quantitative estimate of drug-likeness (QED) is 0.562. The topological polar surface area (TPSA) is 80.0 Å². The van der Waals surface area contributed by atoms with Gasteiger partial charge in [-0.25, -0.2) is 0 Å². The summed E-state index contributed by atoms with van der Waals surface area (Å²) in [5, 5.41) is 12.2. The smallest absolute Gasteiger partial charge is 0.290 e. The zero-order valence-corrected chi connectivity index (χ0v) is 15.5. The van der Waals surface area contributed by atoms with Crippen LogP contribution in [0.1, 0.15) is 41.7 Å². The lowest BCUT2D eigenvalue weighted by Gasteiger charge is -2.24. The highest BCUT2D eigenvalue weighted by Gasteiger charge is 2.45. The van der Waals surface area contributed by atoms with Gasteiger partial charge in [0.25, 0.3) is 5.91 Å². The van der Waals surface area contributed by atoms with Gasteiger partial charge in [0.1, 0.15) is 11.8 Å². The molecule has 2 aromatic heterocycles. The van der Waals surface area contributed by atoms with E-state index in [2.05, 4.69) is 0 Å². The molecule has 0 aliphatic carbocycles. The first-order chi connectivity index (χ1) is 12.5. The van der Waals surface area contributed by atoms with Crippen LogP contribution < -0.4 is 0 Å². The van der Waals surface area contributed by atoms with Gasteiger partial charge in [0, 0.05) is 13.2 Å². The van der Waals surface area contributed by atoms with Crippen molar-refractivity contribution in [3.63, 3.8) is 0 Å². The van der Waals surface area contributed by atoms with Gasteiger partial charge in [-0.15, -0.1) is 11.3 Å². The Hall–Kier alpha value is -2.38. The molecule has 1 amide bonds. The van der Waals surface area contributed by atoms with Crippen molar-refractivity contribution in [3.8, 4) is 0 Å². The van der Waals surface area contributed by atoms with E-state index in [1.807, 2.05) is 13.8 Å². The second-order valence-corrected chi connectivity index (χ2v) is 7.21. The molecule has 2 aromatic rings. The summed E-state index contributed by atoms with van der Waals surface area (Å²) in [6.45, 7) is 4.72. The third kappa shape index (κ3) is 3.59. The van der Waals surface area contributed by atoms with E-state index < -0.39 is 17.7 Å². The molecule has 0 aromatic carbocycles. The third-order valence-electron chi connectivity index (χ3n) is 4.10. The van der Waals surface area contributed by atoms with E-state index in [1.165, 1.54) is 22.5 Å². The Morgan fingerprint density at radius 3 is 2.81 bits per heavy atom. The fourth-order valence-electron chi connectivity index (χ4n) is 2.95. The average Bonchev–Trinajstić information content (AvgIpc) is 3.34. The van der Waals surface area contributed by atoms with Crippen molar-refractivity contribution in [2.24, 2.45) is 0 Å². The predicted octanol–water partition coefficient (Wildman–Crippen LogP) is 3.73. The van der Waals surface area contributed by atoms with Crippen molar-refractivity contribution < 1.29 is 23.8 Å². The van der Waals surface area contributed by atoms with E-state index in [-0.39, 0.29) is 17.5 Å². The summed E-state index contributed by atoms with van der Waals surface area (Å²) >= 11 is 1.27. The van der Waals surface area contributed by atoms with Crippen LogP contribution in [0.5, 0.6) is 0 Å². The molecule has 138 valence electrons. The number of amides is 1. The Kier molecular flexibility index (Phi) is 5.58. The molecule has 6 nitrogen and oxygen atoms in total. The van der Waals surface area contributed by atoms with Crippen LogP contribution in [0.3, 0.4) is 0 Å². The van der Waals surface area contributed by atoms with Crippen LogP contribution in [-0.4, -0.2) is 41.0 Å². The van der Waals surface area contributed by atoms with E-state index in [0.717, 1.165) is 0 Å². The Bertz CT molecular complexity index is 792. The lowest BCUT2D eigenvalue weighted by atomic mass is 10.00. The van der Waals surface area contributed by atoms with Gasteiger partial charge in [-0.2, -0.15) is 0 Å². The molecule has 3 heterocycles. The van der Waals surface area contributed by atoms with Crippen LogP contribution in [0.2, 0.25) is 0 Å². The van der Waals surface area contributed by atoms with Crippen molar-refractivity contribution in [1.82, 2.24) is 4.90 Å². The van der Waals surface area contributed by atoms with Crippen LogP contribution in [0.15, 0.2) is 51.7 Å². The third-order valence-corrected chi connectivity index (χ3v) is 4.97. The molecule has 0 spiro atoms. The molecule has 1 aliphatic rings. The standard InChI is InChI=1S/C19H21NO5S/c1-12(2)24-10-5-8-20-16(13-6-3-9-25-13)15(18(22)19(20)23)17(21)14-7-4-11-26-14/h3-4,6-7,9,11-12,16,22H,5,8,10H2,1-2H3/t16-/m0/s1. The maximum absolute atomic E-state index is 12.9. The number of carbonyl (C=O) groups is 2. The number of ether oxygens (including phenoxy) is 1. The van der Waals surface area contributed by atoms with Gasteiger partial charge in [-0.1, -0.05) is 6.07 Å². The number of ketones is 1. The molecule has 26 heavy (non-hydrogen) atoms. The largest absolute Gasteiger partial charge is 0.503 e. The van der Waals surface area contributed by atoms with Gasteiger partial charge in [-0.05, 0) is 43.8 Å². The van der Waals surface area contributed by atoms with Crippen molar-refractivity contribution in [1.29, 1.82) is 0 Å². The molecule has 0 bridgehead atoms. The van der Waals surface area contributed by atoms with Gasteiger partial charge in [0.2, 0.25) is 5.78 Å². The molecule has 0 fully saturated rings. The van der Waals surface area contributed by atoms with E-state index >= 15 is 0 Å². The van der Waals surface area contributed by atoms with Gasteiger partial charge < -0.3 is 19.2 Å². The van der Waals surface area contributed by atoms with Crippen LogP contribution in [0.25, 0.3) is 0 Å². The Labute approximate surface area is 155 Å². The number of Topliss-reactive ketones (excluding diaryl/α,β-unsaturated/α-hetero) is 1. The lowest BCUT2D eigenvalue weighted by molar-refractivity contribution is -0.129. The number of aliphatic hydroxyl groups excluding tert-OH is 1. The highest BCUT2D eigenvalue weighted by molar-refractivity contribution is 7.12. The number of nitrogens with zero attached hydrogens (tertiary/aromatic N) is 1. The zero-order chi connectivity index (χ0) is 18.7. The summed E-state index contributed by atoms with van der Waals surface area (Å²) < 4.78 is 11.0. The molecular formula is C19H21NO5S. The highest BCUT2D eigenvalue weighted by Crippen LogP contribution is 2.39. The van der Waals surface area contributed by atoms with Gasteiger partial charge in [-0.3, -0.25) is 9.59 Å². The first-order valence-electron chi connectivity index (χ1n) is 8.48. The Balaban J connectivity index is 1.87. The monoisotopic (exact) mass is 375 g/mol. The summed E-state index contributed by atoms with van der Waals surface area (Å²) in [5.74, 6) is -0.967. The minimum absolute atomic E-state index is 0.0668. The minimum Gasteiger partial charge on any atom is -0.503 e. The maximum atomic E-state index is 12.9. The van der Waals surface area contributed by atoms with E-state index in [4.69, 9.17) is 9.15 Å².